The summed E-state index contributed by atoms with van der Waals surface area (Å²) in [5.41, 5.74) is 2.26. The molecule has 0 atom stereocenters. The van der Waals surface area contributed by atoms with Crippen molar-refractivity contribution in [2.75, 3.05) is 46.1 Å². The van der Waals surface area contributed by atoms with Gasteiger partial charge >= 0.3 is 0 Å². The van der Waals surface area contributed by atoms with Crippen molar-refractivity contribution >= 4 is 5.69 Å². The van der Waals surface area contributed by atoms with Crippen molar-refractivity contribution in [1.29, 1.82) is 0 Å². The minimum Gasteiger partial charge on any atom is -0.388 e. The molecule has 1 rings (SSSR count). The molecule has 0 aliphatic carbocycles. The Morgan fingerprint density at radius 3 is 2.67 bits per heavy atom. The molecule has 0 bridgehead atoms. The quantitative estimate of drug-likeness (QED) is 0.763. The van der Waals surface area contributed by atoms with Crippen molar-refractivity contribution in [2.24, 2.45) is 0 Å². The van der Waals surface area contributed by atoms with Crippen LogP contribution in [0, 0.1) is 0 Å². The Morgan fingerprint density at radius 1 is 1.28 bits per heavy atom. The number of hydrogen-bond acceptors (Lipinski definition) is 4. The van der Waals surface area contributed by atoms with Gasteiger partial charge in [-0.3, -0.25) is 9.88 Å². The summed E-state index contributed by atoms with van der Waals surface area (Å²) in [4.78, 5) is 9.09. The Morgan fingerprint density at radius 2 is 2.06 bits per heavy atom. The van der Waals surface area contributed by atoms with Gasteiger partial charge in [0, 0.05) is 25.5 Å². The summed E-state index contributed by atoms with van der Waals surface area (Å²) in [6.45, 7) is 6.47. The van der Waals surface area contributed by atoms with E-state index in [0.717, 1.165) is 37.6 Å². The smallest absolute Gasteiger partial charge is 0.0564 e. The van der Waals surface area contributed by atoms with Crippen LogP contribution >= 0.6 is 0 Å². The molecule has 4 nitrogen and oxygen atoms in total. The molecule has 0 saturated carbocycles. The van der Waals surface area contributed by atoms with E-state index in [1.807, 2.05) is 19.3 Å². The normalized spacial score (nSPS) is 11.2. The lowest BCUT2D eigenvalue weighted by Gasteiger charge is -2.21. The largest absolute Gasteiger partial charge is 0.388 e. The average Bonchev–Trinajstić information content (AvgIpc) is 2.37. The number of nitrogens with one attached hydrogen (secondary N) is 1. The highest BCUT2D eigenvalue weighted by Gasteiger charge is 2.05. The maximum Gasteiger partial charge on any atom is 0.0564 e. The fraction of sp³-hybridized carbons (Fsp3) is 0.643. The van der Waals surface area contributed by atoms with Crippen LogP contribution in [0.25, 0.3) is 0 Å². The lowest BCUT2D eigenvalue weighted by Crippen LogP contribution is -2.27. The first-order valence-corrected chi connectivity index (χ1v) is 6.65. The standard InChI is InChI=1S/C14H26N4/c1-5-18(10-6-9-17(3)4)12-14-11-13(15-2)7-8-16-14/h7-8,11H,5-6,9-10,12H2,1-4H3,(H,15,16). The van der Waals surface area contributed by atoms with Gasteiger partial charge in [-0.05, 0) is 52.3 Å². The molecule has 0 unspecified atom stereocenters. The van der Waals surface area contributed by atoms with E-state index >= 15 is 0 Å². The number of nitrogens with zero attached hydrogens (tertiary/aromatic N) is 3. The van der Waals surface area contributed by atoms with E-state index in [0.29, 0.717) is 0 Å². The van der Waals surface area contributed by atoms with E-state index in [1.54, 1.807) is 0 Å². The maximum absolute atomic E-state index is 4.43. The molecule has 0 radical (unpaired) electrons. The minimum absolute atomic E-state index is 0.930. The molecule has 0 saturated heterocycles. The van der Waals surface area contributed by atoms with Crippen LogP contribution in [0.5, 0.6) is 0 Å². The summed E-state index contributed by atoms with van der Waals surface area (Å²) in [5.74, 6) is 0. The molecule has 1 N–H and O–H groups in total. The molecule has 18 heavy (non-hydrogen) atoms. The van der Waals surface area contributed by atoms with Gasteiger partial charge in [0.05, 0.1) is 5.69 Å². The Hall–Kier alpha value is -1.13. The van der Waals surface area contributed by atoms with Crippen LogP contribution in [-0.4, -0.2) is 55.6 Å². The Balaban J connectivity index is 2.46. The van der Waals surface area contributed by atoms with Crippen LogP contribution in [0.1, 0.15) is 19.0 Å². The minimum atomic E-state index is 0.930. The molecule has 1 aromatic rings. The highest BCUT2D eigenvalue weighted by atomic mass is 15.1. The molecule has 4 heteroatoms. The molecule has 0 aliphatic heterocycles. The number of pyridine rings is 1. The van der Waals surface area contributed by atoms with E-state index in [1.165, 1.54) is 6.42 Å². The van der Waals surface area contributed by atoms with Gasteiger partial charge in [-0.25, -0.2) is 0 Å². The maximum atomic E-state index is 4.43. The van der Waals surface area contributed by atoms with Crippen LogP contribution in [-0.2, 0) is 6.54 Å². The molecular formula is C14H26N4. The van der Waals surface area contributed by atoms with E-state index in [-0.39, 0.29) is 0 Å². The van der Waals surface area contributed by atoms with Crippen LogP contribution in [0.3, 0.4) is 0 Å². The second-order valence-electron chi connectivity index (χ2n) is 4.81. The first-order valence-electron chi connectivity index (χ1n) is 6.65. The van der Waals surface area contributed by atoms with E-state index in [4.69, 9.17) is 0 Å². The first-order chi connectivity index (χ1) is 8.65. The highest BCUT2D eigenvalue weighted by Crippen LogP contribution is 2.09. The average molecular weight is 250 g/mol. The fourth-order valence-electron chi connectivity index (χ4n) is 1.91. The van der Waals surface area contributed by atoms with E-state index in [2.05, 4.69) is 47.2 Å². The van der Waals surface area contributed by atoms with Gasteiger partial charge in [0.25, 0.3) is 0 Å². The lowest BCUT2D eigenvalue weighted by atomic mass is 10.2. The molecule has 102 valence electrons. The molecule has 0 amide bonds. The molecule has 0 fully saturated rings. The third-order valence-corrected chi connectivity index (χ3v) is 3.02. The van der Waals surface area contributed by atoms with Gasteiger partial charge in [0.15, 0.2) is 0 Å². The first kappa shape index (κ1) is 14.9. The van der Waals surface area contributed by atoms with Crippen molar-refractivity contribution in [1.82, 2.24) is 14.8 Å². The summed E-state index contributed by atoms with van der Waals surface area (Å²) in [6, 6.07) is 4.11. The summed E-state index contributed by atoms with van der Waals surface area (Å²) in [7, 11) is 6.18. The van der Waals surface area contributed by atoms with E-state index < -0.39 is 0 Å². The van der Waals surface area contributed by atoms with Gasteiger partial charge in [0.2, 0.25) is 0 Å². The summed E-state index contributed by atoms with van der Waals surface area (Å²) < 4.78 is 0. The molecular weight excluding hydrogens is 224 g/mol. The van der Waals surface area contributed by atoms with Gasteiger partial charge in [0.1, 0.15) is 0 Å². The fourth-order valence-corrected chi connectivity index (χ4v) is 1.91. The zero-order chi connectivity index (χ0) is 13.4. The van der Waals surface area contributed by atoms with Gasteiger partial charge in [-0.2, -0.15) is 0 Å². The zero-order valence-corrected chi connectivity index (χ0v) is 12.1. The Kier molecular flexibility index (Phi) is 6.68. The summed E-state index contributed by atoms with van der Waals surface area (Å²) >= 11 is 0. The molecule has 1 heterocycles. The number of anilines is 1. The van der Waals surface area contributed by atoms with Crippen LogP contribution < -0.4 is 5.32 Å². The number of hydrogen-bond donors (Lipinski definition) is 1. The van der Waals surface area contributed by atoms with E-state index in [9.17, 15) is 0 Å². The van der Waals surface area contributed by atoms with Crippen LogP contribution in [0.2, 0.25) is 0 Å². The monoisotopic (exact) mass is 250 g/mol. The van der Waals surface area contributed by atoms with Crippen molar-refractivity contribution < 1.29 is 0 Å². The zero-order valence-electron chi connectivity index (χ0n) is 12.1. The molecule has 0 spiro atoms. The summed E-state index contributed by atoms with van der Waals surface area (Å²) in [5, 5.41) is 3.15. The van der Waals surface area contributed by atoms with Crippen molar-refractivity contribution in [3.05, 3.63) is 24.0 Å². The van der Waals surface area contributed by atoms with Crippen molar-refractivity contribution in [3.63, 3.8) is 0 Å². The third-order valence-electron chi connectivity index (χ3n) is 3.02. The molecule has 0 aromatic carbocycles. The topological polar surface area (TPSA) is 31.4 Å². The Bertz CT molecular complexity index is 338. The van der Waals surface area contributed by atoms with Gasteiger partial charge in [-0.15, -0.1) is 0 Å². The second kappa shape index (κ2) is 8.06. The lowest BCUT2D eigenvalue weighted by molar-refractivity contribution is 0.256. The summed E-state index contributed by atoms with van der Waals surface area (Å²) in [6.07, 6.45) is 3.07. The van der Waals surface area contributed by atoms with Crippen LogP contribution in [0.4, 0.5) is 5.69 Å². The number of aromatic nitrogens is 1. The third kappa shape index (κ3) is 5.47. The Labute approximate surface area is 111 Å². The predicted molar refractivity (Wildman–Crippen MR) is 77.9 cm³/mol. The highest BCUT2D eigenvalue weighted by molar-refractivity contribution is 5.42. The van der Waals surface area contributed by atoms with Crippen molar-refractivity contribution in [2.45, 2.75) is 19.9 Å². The predicted octanol–water partition coefficient (Wildman–Crippen LogP) is 1.90. The molecule has 0 aliphatic rings. The number of rotatable bonds is 8. The SMILES string of the molecule is CCN(CCCN(C)C)Cc1cc(NC)ccn1. The second-order valence-corrected chi connectivity index (χ2v) is 4.81. The van der Waals surface area contributed by atoms with Crippen LogP contribution in [0.15, 0.2) is 18.3 Å². The van der Waals surface area contributed by atoms with Gasteiger partial charge < -0.3 is 10.2 Å². The van der Waals surface area contributed by atoms with Crippen molar-refractivity contribution in [3.8, 4) is 0 Å². The molecule has 1 aromatic heterocycles. The van der Waals surface area contributed by atoms with Gasteiger partial charge in [-0.1, -0.05) is 6.92 Å².